The van der Waals surface area contributed by atoms with E-state index in [4.69, 9.17) is 9.84 Å². The maximum Gasteiger partial charge on any atom is 0.408 e. The van der Waals surface area contributed by atoms with E-state index >= 15 is 0 Å². The highest BCUT2D eigenvalue weighted by Crippen LogP contribution is 2.22. The molecule has 0 fully saturated rings. The van der Waals surface area contributed by atoms with Gasteiger partial charge in [-0.3, -0.25) is 14.4 Å². The van der Waals surface area contributed by atoms with Crippen molar-refractivity contribution in [2.75, 3.05) is 0 Å². The lowest BCUT2D eigenvalue weighted by Crippen LogP contribution is -2.45. The van der Waals surface area contributed by atoms with Gasteiger partial charge in [0, 0.05) is 12.3 Å². The van der Waals surface area contributed by atoms with E-state index in [1.165, 1.54) is 0 Å². The summed E-state index contributed by atoms with van der Waals surface area (Å²) in [6.07, 6.45) is 4.43. The summed E-state index contributed by atoms with van der Waals surface area (Å²) < 4.78 is 5.21. The summed E-state index contributed by atoms with van der Waals surface area (Å²) in [6, 6.07) is 8.73. The predicted molar refractivity (Wildman–Crippen MR) is 116 cm³/mol. The summed E-state index contributed by atoms with van der Waals surface area (Å²) in [5.74, 6) is -2.30. The second-order valence-electron chi connectivity index (χ2n) is 8.54. The molecule has 1 aromatic carbocycles. The largest absolute Gasteiger partial charge is 0.481 e. The van der Waals surface area contributed by atoms with E-state index in [0.717, 1.165) is 11.1 Å². The van der Waals surface area contributed by atoms with Crippen molar-refractivity contribution in [2.24, 2.45) is 5.92 Å². The third-order valence-electron chi connectivity index (χ3n) is 4.64. The lowest BCUT2D eigenvalue weighted by atomic mass is 9.86. The number of rotatable bonds is 9. The SMILES string of the molecule is CC(C)(C)OC(=O)N[C@@H](CC1C=CC(Cc2ccccc2)=CC1=O)C(=O)CCC(=O)O. The van der Waals surface area contributed by atoms with Crippen LogP contribution >= 0.6 is 0 Å². The first-order valence-electron chi connectivity index (χ1n) is 10.2. The van der Waals surface area contributed by atoms with Crippen LogP contribution < -0.4 is 5.32 Å². The lowest BCUT2D eigenvalue weighted by molar-refractivity contribution is -0.138. The molecule has 0 saturated heterocycles. The van der Waals surface area contributed by atoms with Crippen molar-refractivity contribution < 1.29 is 29.0 Å². The van der Waals surface area contributed by atoms with Crippen molar-refractivity contribution in [1.82, 2.24) is 5.32 Å². The Morgan fingerprint density at radius 1 is 1.13 bits per heavy atom. The fourth-order valence-corrected chi connectivity index (χ4v) is 3.19. The minimum absolute atomic E-state index is 0.0438. The Morgan fingerprint density at radius 2 is 1.81 bits per heavy atom. The van der Waals surface area contributed by atoms with Crippen LogP contribution in [-0.4, -0.2) is 40.4 Å². The van der Waals surface area contributed by atoms with Crippen molar-refractivity contribution in [3.8, 4) is 0 Å². The summed E-state index contributed by atoms with van der Waals surface area (Å²) >= 11 is 0. The molecule has 0 aliphatic heterocycles. The van der Waals surface area contributed by atoms with Crippen LogP contribution in [-0.2, 0) is 25.5 Å². The third kappa shape index (κ3) is 8.58. The minimum Gasteiger partial charge on any atom is -0.481 e. The molecule has 1 amide bonds. The van der Waals surface area contributed by atoms with Gasteiger partial charge in [0.2, 0.25) is 0 Å². The Morgan fingerprint density at radius 3 is 2.39 bits per heavy atom. The number of hydrogen-bond acceptors (Lipinski definition) is 5. The normalized spacial score (nSPS) is 16.9. The van der Waals surface area contributed by atoms with Gasteiger partial charge in [-0.15, -0.1) is 0 Å². The number of ketones is 2. The number of allylic oxidation sites excluding steroid dienone is 4. The molecule has 1 unspecified atom stereocenters. The van der Waals surface area contributed by atoms with E-state index in [1.54, 1.807) is 32.9 Å². The number of benzene rings is 1. The van der Waals surface area contributed by atoms with Crippen LogP contribution in [0.2, 0.25) is 0 Å². The monoisotopic (exact) mass is 427 g/mol. The van der Waals surface area contributed by atoms with E-state index in [-0.39, 0.29) is 25.0 Å². The number of aliphatic carboxylic acids is 1. The number of carbonyl (C=O) groups is 4. The van der Waals surface area contributed by atoms with Gasteiger partial charge in [-0.25, -0.2) is 4.79 Å². The summed E-state index contributed by atoms with van der Waals surface area (Å²) in [4.78, 5) is 48.2. The maximum atomic E-state index is 12.7. The van der Waals surface area contributed by atoms with Gasteiger partial charge in [0.05, 0.1) is 12.5 Å². The van der Waals surface area contributed by atoms with Crippen molar-refractivity contribution >= 4 is 23.6 Å². The molecule has 1 aromatic rings. The summed E-state index contributed by atoms with van der Waals surface area (Å²) in [5, 5.41) is 11.4. The molecule has 0 bridgehead atoms. The van der Waals surface area contributed by atoms with E-state index in [2.05, 4.69) is 5.32 Å². The van der Waals surface area contributed by atoms with Gasteiger partial charge in [-0.1, -0.05) is 42.5 Å². The average molecular weight is 427 g/mol. The van der Waals surface area contributed by atoms with Gasteiger partial charge in [-0.05, 0) is 50.8 Å². The van der Waals surface area contributed by atoms with Crippen molar-refractivity contribution in [1.29, 1.82) is 0 Å². The topological polar surface area (TPSA) is 110 Å². The molecule has 1 aliphatic carbocycles. The molecule has 2 rings (SSSR count). The molecule has 7 heteroatoms. The zero-order chi connectivity index (χ0) is 23.0. The smallest absolute Gasteiger partial charge is 0.408 e. The van der Waals surface area contributed by atoms with Crippen molar-refractivity contribution in [3.63, 3.8) is 0 Å². The van der Waals surface area contributed by atoms with Crippen LogP contribution in [0.25, 0.3) is 0 Å². The first-order valence-corrected chi connectivity index (χ1v) is 10.2. The predicted octanol–water partition coefficient (Wildman–Crippen LogP) is 3.63. The number of amides is 1. The quantitative estimate of drug-likeness (QED) is 0.623. The van der Waals surface area contributed by atoms with Gasteiger partial charge in [0.25, 0.3) is 0 Å². The van der Waals surface area contributed by atoms with Gasteiger partial charge in [-0.2, -0.15) is 0 Å². The molecule has 0 aromatic heterocycles. The highest BCUT2D eigenvalue weighted by atomic mass is 16.6. The zero-order valence-corrected chi connectivity index (χ0v) is 18.1. The molecule has 0 radical (unpaired) electrons. The minimum atomic E-state index is -1.11. The second-order valence-corrected chi connectivity index (χ2v) is 8.54. The third-order valence-corrected chi connectivity index (χ3v) is 4.64. The molecule has 2 atom stereocenters. The van der Waals surface area contributed by atoms with Gasteiger partial charge >= 0.3 is 12.1 Å². The molecular formula is C24H29NO6. The van der Waals surface area contributed by atoms with E-state index in [9.17, 15) is 19.2 Å². The zero-order valence-electron chi connectivity index (χ0n) is 18.1. The molecule has 0 spiro atoms. The molecule has 0 heterocycles. The Kier molecular flexibility index (Phi) is 8.30. The number of ether oxygens (including phenoxy) is 1. The van der Waals surface area contributed by atoms with Crippen LogP contribution in [0.4, 0.5) is 4.79 Å². The van der Waals surface area contributed by atoms with Crippen molar-refractivity contribution in [3.05, 3.63) is 59.7 Å². The van der Waals surface area contributed by atoms with E-state index in [0.29, 0.717) is 6.42 Å². The standard InChI is InChI=1S/C24H29NO6/c1-24(2,3)31-23(30)25-19(20(26)11-12-22(28)29)15-18-10-9-17(14-21(18)27)13-16-7-5-4-6-8-16/h4-10,14,18-19H,11-13,15H2,1-3H3,(H,25,30)(H,28,29)/t18?,19-/m0/s1. The molecule has 1 aliphatic rings. The van der Waals surface area contributed by atoms with Gasteiger partial charge in [0.15, 0.2) is 11.6 Å². The number of alkyl carbamates (subject to hydrolysis) is 1. The molecule has 2 N–H and O–H groups in total. The molecule has 166 valence electrons. The first kappa shape index (κ1) is 24.1. The Hall–Kier alpha value is -3.22. The average Bonchev–Trinajstić information content (AvgIpc) is 2.66. The fraction of sp³-hybridized carbons (Fsp3) is 0.417. The lowest BCUT2D eigenvalue weighted by Gasteiger charge is -2.25. The van der Waals surface area contributed by atoms with Gasteiger partial charge in [0.1, 0.15) is 5.60 Å². The van der Waals surface area contributed by atoms with E-state index in [1.807, 2.05) is 36.4 Å². The number of hydrogen-bond donors (Lipinski definition) is 2. The summed E-state index contributed by atoms with van der Waals surface area (Å²) in [5.41, 5.74) is 1.19. The van der Waals surface area contributed by atoms with Crippen LogP contribution in [0.15, 0.2) is 54.1 Å². The molecule has 7 nitrogen and oxygen atoms in total. The highest BCUT2D eigenvalue weighted by molar-refractivity contribution is 5.96. The Balaban J connectivity index is 2.06. The Labute approximate surface area is 182 Å². The Bertz CT molecular complexity index is 879. The second kappa shape index (κ2) is 10.7. The fourth-order valence-electron chi connectivity index (χ4n) is 3.19. The highest BCUT2D eigenvalue weighted by Gasteiger charge is 2.29. The number of carboxylic acids is 1. The number of carbonyl (C=O) groups excluding carboxylic acids is 3. The summed E-state index contributed by atoms with van der Waals surface area (Å²) in [6.45, 7) is 5.08. The number of carboxylic acid groups (broad SMARTS) is 1. The number of Topliss-reactive ketones (excluding diaryl/α,β-unsaturated/α-hetero) is 1. The molecular weight excluding hydrogens is 398 g/mol. The summed E-state index contributed by atoms with van der Waals surface area (Å²) in [7, 11) is 0. The van der Waals surface area contributed by atoms with Crippen LogP contribution in [0.5, 0.6) is 0 Å². The van der Waals surface area contributed by atoms with E-state index < -0.39 is 35.4 Å². The van der Waals surface area contributed by atoms with Crippen LogP contribution in [0, 0.1) is 5.92 Å². The molecule has 31 heavy (non-hydrogen) atoms. The van der Waals surface area contributed by atoms with Crippen LogP contribution in [0.3, 0.4) is 0 Å². The van der Waals surface area contributed by atoms with Crippen LogP contribution in [0.1, 0.15) is 45.6 Å². The number of nitrogens with one attached hydrogen (secondary N) is 1. The maximum absolute atomic E-state index is 12.7. The molecule has 0 saturated carbocycles. The van der Waals surface area contributed by atoms with Gasteiger partial charge < -0.3 is 15.2 Å². The van der Waals surface area contributed by atoms with Crippen molar-refractivity contribution in [2.45, 2.75) is 58.1 Å². The first-order chi connectivity index (χ1) is 14.5.